The van der Waals surface area contributed by atoms with Gasteiger partial charge in [-0.1, -0.05) is 36.4 Å². The molecule has 0 atom stereocenters. The quantitative estimate of drug-likeness (QED) is 0.504. The summed E-state index contributed by atoms with van der Waals surface area (Å²) in [6.45, 7) is 4.19. The van der Waals surface area contributed by atoms with Gasteiger partial charge < -0.3 is 10.1 Å². The maximum atomic E-state index is 5.50. The average molecular weight is 361 g/mol. The molecule has 0 spiro atoms. The molecule has 4 nitrogen and oxygen atoms in total. The highest BCUT2D eigenvalue weighted by molar-refractivity contribution is 7.19. The lowest BCUT2D eigenvalue weighted by molar-refractivity contribution is 0.416. The van der Waals surface area contributed by atoms with Gasteiger partial charge in [-0.25, -0.2) is 9.97 Å². The SMILES string of the molecule is COc1ccc(C)cc1Nc1ncnc2sc(C)c(-c3ccccc3)c12. The van der Waals surface area contributed by atoms with Crippen LogP contribution in [-0.2, 0) is 0 Å². The van der Waals surface area contributed by atoms with Gasteiger partial charge in [-0.2, -0.15) is 0 Å². The second kappa shape index (κ2) is 6.77. The van der Waals surface area contributed by atoms with Gasteiger partial charge in [0, 0.05) is 10.4 Å². The molecule has 4 rings (SSSR count). The minimum Gasteiger partial charge on any atom is -0.495 e. The molecule has 130 valence electrons. The van der Waals surface area contributed by atoms with Crippen molar-refractivity contribution in [2.45, 2.75) is 13.8 Å². The third kappa shape index (κ3) is 2.91. The van der Waals surface area contributed by atoms with Gasteiger partial charge in [0.2, 0.25) is 0 Å². The number of nitrogens with zero attached hydrogens (tertiary/aromatic N) is 2. The molecule has 4 aromatic rings. The summed E-state index contributed by atoms with van der Waals surface area (Å²) in [4.78, 5) is 11.2. The zero-order chi connectivity index (χ0) is 18.1. The molecule has 0 aliphatic rings. The van der Waals surface area contributed by atoms with E-state index in [4.69, 9.17) is 4.74 Å². The van der Waals surface area contributed by atoms with Crippen molar-refractivity contribution in [2.24, 2.45) is 0 Å². The van der Waals surface area contributed by atoms with Crippen molar-refractivity contribution in [1.29, 1.82) is 0 Å². The number of thiophene rings is 1. The van der Waals surface area contributed by atoms with Crippen LogP contribution >= 0.6 is 11.3 Å². The molecule has 0 aliphatic heterocycles. The van der Waals surface area contributed by atoms with Crippen molar-refractivity contribution < 1.29 is 4.74 Å². The van der Waals surface area contributed by atoms with E-state index in [1.165, 1.54) is 16.0 Å². The molecule has 5 heteroatoms. The maximum Gasteiger partial charge on any atom is 0.143 e. The highest BCUT2D eigenvalue weighted by Gasteiger charge is 2.17. The van der Waals surface area contributed by atoms with E-state index in [1.54, 1.807) is 24.8 Å². The van der Waals surface area contributed by atoms with Gasteiger partial charge in [-0.3, -0.25) is 0 Å². The van der Waals surface area contributed by atoms with Crippen molar-refractivity contribution in [3.05, 3.63) is 65.3 Å². The molecule has 0 fully saturated rings. The first-order valence-electron chi connectivity index (χ1n) is 8.38. The Balaban J connectivity index is 1.91. The van der Waals surface area contributed by atoms with Gasteiger partial charge in [0.1, 0.15) is 22.7 Å². The molecular weight excluding hydrogens is 342 g/mol. The number of fused-ring (bicyclic) bond motifs is 1. The summed E-state index contributed by atoms with van der Waals surface area (Å²) in [6.07, 6.45) is 1.61. The minimum absolute atomic E-state index is 0.788. The normalized spacial score (nSPS) is 10.9. The number of hydrogen-bond acceptors (Lipinski definition) is 5. The lowest BCUT2D eigenvalue weighted by atomic mass is 10.0. The van der Waals surface area contributed by atoms with Crippen molar-refractivity contribution >= 4 is 33.1 Å². The van der Waals surface area contributed by atoms with E-state index in [0.29, 0.717) is 0 Å². The number of anilines is 2. The number of ether oxygens (including phenoxy) is 1. The summed E-state index contributed by atoms with van der Waals surface area (Å²) >= 11 is 1.69. The fourth-order valence-electron chi connectivity index (χ4n) is 3.14. The van der Waals surface area contributed by atoms with E-state index in [0.717, 1.165) is 33.0 Å². The van der Waals surface area contributed by atoms with Gasteiger partial charge in [-0.05, 0) is 37.1 Å². The summed E-state index contributed by atoms with van der Waals surface area (Å²) in [7, 11) is 1.68. The highest BCUT2D eigenvalue weighted by atomic mass is 32.1. The summed E-state index contributed by atoms with van der Waals surface area (Å²) in [6, 6.07) is 16.4. The Kier molecular flexibility index (Phi) is 4.31. The Labute approximate surface area is 156 Å². The van der Waals surface area contributed by atoms with Crippen LogP contribution in [-0.4, -0.2) is 17.1 Å². The van der Waals surface area contributed by atoms with Crippen LogP contribution in [0.2, 0.25) is 0 Å². The van der Waals surface area contributed by atoms with Crippen LogP contribution < -0.4 is 10.1 Å². The number of aryl methyl sites for hydroxylation is 2. The molecule has 0 saturated carbocycles. The Bertz CT molecular complexity index is 1070. The van der Waals surface area contributed by atoms with Crippen LogP contribution in [0, 0.1) is 13.8 Å². The predicted molar refractivity (Wildman–Crippen MR) is 109 cm³/mol. The first-order valence-corrected chi connectivity index (χ1v) is 9.20. The van der Waals surface area contributed by atoms with Gasteiger partial charge >= 0.3 is 0 Å². The predicted octanol–water partition coefficient (Wildman–Crippen LogP) is 5.73. The standard InChI is InChI=1S/C21H19N3OS/c1-13-9-10-17(25-3)16(11-13)24-20-19-18(15-7-5-4-6-8-15)14(2)26-21(19)23-12-22-20/h4-12H,1-3H3,(H,22,23,24). The third-order valence-corrected chi connectivity index (χ3v) is 5.35. The van der Waals surface area contributed by atoms with E-state index in [2.05, 4.69) is 59.5 Å². The van der Waals surface area contributed by atoms with Crippen molar-refractivity contribution in [1.82, 2.24) is 9.97 Å². The van der Waals surface area contributed by atoms with Gasteiger partial charge in [-0.15, -0.1) is 11.3 Å². The number of benzene rings is 2. The van der Waals surface area contributed by atoms with Crippen LogP contribution in [0.1, 0.15) is 10.4 Å². The van der Waals surface area contributed by atoms with Crippen LogP contribution in [0.15, 0.2) is 54.9 Å². The summed E-state index contributed by atoms with van der Waals surface area (Å²) in [5.74, 6) is 1.58. The first kappa shape index (κ1) is 16.5. The van der Waals surface area contributed by atoms with Crippen molar-refractivity contribution in [3.63, 3.8) is 0 Å². The molecular formula is C21H19N3OS. The lowest BCUT2D eigenvalue weighted by Gasteiger charge is -2.13. The molecule has 0 amide bonds. The Morgan fingerprint density at radius 3 is 2.58 bits per heavy atom. The number of aromatic nitrogens is 2. The molecule has 26 heavy (non-hydrogen) atoms. The monoisotopic (exact) mass is 361 g/mol. The van der Waals surface area contributed by atoms with Gasteiger partial charge in [0.05, 0.1) is 18.2 Å². The summed E-state index contributed by atoms with van der Waals surface area (Å²) < 4.78 is 5.50. The molecule has 2 aromatic heterocycles. The summed E-state index contributed by atoms with van der Waals surface area (Å²) in [5.41, 5.74) is 4.41. The van der Waals surface area contributed by atoms with Crippen LogP contribution in [0.5, 0.6) is 5.75 Å². The van der Waals surface area contributed by atoms with E-state index in [9.17, 15) is 0 Å². The number of hydrogen-bond donors (Lipinski definition) is 1. The maximum absolute atomic E-state index is 5.50. The van der Waals surface area contributed by atoms with Gasteiger partial charge in [0.25, 0.3) is 0 Å². The van der Waals surface area contributed by atoms with E-state index in [-0.39, 0.29) is 0 Å². The molecule has 0 aliphatic carbocycles. The first-order chi connectivity index (χ1) is 12.7. The zero-order valence-corrected chi connectivity index (χ0v) is 15.7. The minimum atomic E-state index is 0.788. The molecule has 0 saturated heterocycles. The van der Waals surface area contributed by atoms with Gasteiger partial charge in [0.15, 0.2) is 0 Å². The smallest absolute Gasteiger partial charge is 0.143 e. The summed E-state index contributed by atoms with van der Waals surface area (Å²) in [5, 5.41) is 4.51. The Morgan fingerprint density at radius 2 is 1.81 bits per heavy atom. The fraction of sp³-hybridized carbons (Fsp3) is 0.143. The van der Waals surface area contributed by atoms with Crippen LogP contribution in [0.25, 0.3) is 21.3 Å². The molecule has 0 radical (unpaired) electrons. The zero-order valence-electron chi connectivity index (χ0n) is 14.9. The topological polar surface area (TPSA) is 47.0 Å². The molecule has 1 N–H and O–H groups in total. The largest absolute Gasteiger partial charge is 0.495 e. The van der Waals surface area contributed by atoms with E-state index < -0.39 is 0 Å². The highest BCUT2D eigenvalue weighted by Crippen LogP contribution is 2.41. The second-order valence-electron chi connectivity index (χ2n) is 6.13. The number of rotatable bonds is 4. The van der Waals surface area contributed by atoms with Crippen molar-refractivity contribution in [3.8, 4) is 16.9 Å². The number of nitrogens with one attached hydrogen (secondary N) is 1. The lowest BCUT2D eigenvalue weighted by Crippen LogP contribution is -1.98. The Hall–Kier alpha value is -2.92. The molecule has 2 aromatic carbocycles. The average Bonchev–Trinajstić information content (AvgIpc) is 2.99. The van der Waals surface area contributed by atoms with Crippen LogP contribution in [0.4, 0.5) is 11.5 Å². The van der Waals surface area contributed by atoms with E-state index in [1.807, 2.05) is 18.2 Å². The molecule has 0 bridgehead atoms. The molecule has 2 heterocycles. The number of methoxy groups -OCH3 is 1. The van der Waals surface area contributed by atoms with Crippen LogP contribution in [0.3, 0.4) is 0 Å². The fourth-order valence-corrected chi connectivity index (χ4v) is 4.15. The molecule has 0 unspecified atom stereocenters. The van der Waals surface area contributed by atoms with E-state index >= 15 is 0 Å². The second-order valence-corrected chi connectivity index (χ2v) is 7.33. The third-order valence-electron chi connectivity index (χ3n) is 4.33. The Morgan fingerprint density at radius 1 is 1.00 bits per heavy atom. The van der Waals surface area contributed by atoms with Crippen molar-refractivity contribution in [2.75, 3.05) is 12.4 Å².